The summed E-state index contributed by atoms with van der Waals surface area (Å²) < 4.78 is 2.14. The van der Waals surface area contributed by atoms with E-state index in [9.17, 15) is 0 Å². The minimum atomic E-state index is 0.914. The Kier molecular flexibility index (Phi) is 5.05. The van der Waals surface area contributed by atoms with Gasteiger partial charge in [0, 0.05) is 18.9 Å². The SMILES string of the molecule is CC1CCCCC1CNCCCn1ccnc1. The van der Waals surface area contributed by atoms with Crippen molar-refractivity contribution in [3.05, 3.63) is 18.7 Å². The van der Waals surface area contributed by atoms with E-state index in [1.54, 1.807) is 0 Å². The highest BCUT2D eigenvalue weighted by atomic mass is 15.0. The summed E-state index contributed by atoms with van der Waals surface area (Å²) in [6, 6.07) is 0. The lowest BCUT2D eigenvalue weighted by Gasteiger charge is -2.28. The lowest BCUT2D eigenvalue weighted by Crippen LogP contribution is -2.30. The molecule has 0 radical (unpaired) electrons. The van der Waals surface area contributed by atoms with E-state index >= 15 is 0 Å². The van der Waals surface area contributed by atoms with Crippen molar-refractivity contribution >= 4 is 0 Å². The fourth-order valence-corrected chi connectivity index (χ4v) is 2.79. The quantitative estimate of drug-likeness (QED) is 0.768. The standard InChI is InChI=1S/C14H25N3/c1-13-5-2-3-6-14(13)11-15-7-4-9-17-10-8-16-12-17/h8,10,12-15H,2-7,9,11H2,1H3. The molecule has 0 bridgehead atoms. The molecular weight excluding hydrogens is 210 g/mol. The van der Waals surface area contributed by atoms with Crippen LogP contribution >= 0.6 is 0 Å². The maximum Gasteiger partial charge on any atom is 0.0945 e. The maximum atomic E-state index is 4.05. The van der Waals surface area contributed by atoms with Crippen LogP contribution in [0.15, 0.2) is 18.7 Å². The van der Waals surface area contributed by atoms with Crippen LogP contribution in [0.3, 0.4) is 0 Å². The highest BCUT2D eigenvalue weighted by Crippen LogP contribution is 2.28. The van der Waals surface area contributed by atoms with E-state index < -0.39 is 0 Å². The molecular formula is C14H25N3. The Hall–Kier alpha value is -0.830. The third-order valence-corrected chi connectivity index (χ3v) is 4.02. The molecule has 1 aliphatic carbocycles. The van der Waals surface area contributed by atoms with Crippen molar-refractivity contribution < 1.29 is 0 Å². The summed E-state index contributed by atoms with van der Waals surface area (Å²) in [5.74, 6) is 1.84. The van der Waals surface area contributed by atoms with Gasteiger partial charge in [-0.2, -0.15) is 0 Å². The fraction of sp³-hybridized carbons (Fsp3) is 0.786. The van der Waals surface area contributed by atoms with E-state index in [-0.39, 0.29) is 0 Å². The lowest BCUT2D eigenvalue weighted by molar-refractivity contribution is 0.248. The van der Waals surface area contributed by atoms with Crippen molar-refractivity contribution in [1.29, 1.82) is 0 Å². The molecule has 2 unspecified atom stereocenters. The van der Waals surface area contributed by atoms with Crippen molar-refractivity contribution in [2.45, 2.75) is 45.6 Å². The molecule has 1 aromatic rings. The molecule has 1 N–H and O–H groups in total. The number of nitrogens with one attached hydrogen (secondary N) is 1. The molecule has 1 aliphatic rings. The largest absolute Gasteiger partial charge is 0.337 e. The highest BCUT2D eigenvalue weighted by molar-refractivity contribution is 4.75. The second-order valence-corrected chi connectivity index (χ2v) is 5.38. The smallest absolute Gasteiger partial charge is 0.0945 e. The van der Waals surface area contributed by atoms with Gasteiger partial charge in [-0.25, -0.2) is 4.98 Å². The van der Waals surface area contributed by atoms with Crippen molar-refractivity contribution in [1.82, 2.24) is 14.9 Å². The van der Waals surface area contributed by atoms with Crippen LogP contribution in [0.4, 0.5) is 0 Å². The number of imidazole rings is 1. The summed E-state index contributed by atoms with van der Waals surface area (Å²) in [7, 11) is 0. The third kappa shape index (κ3) is 4.15. The Morgan fingerprint density at radius 2 is 2.24 bits per heavy atom. The lowest BCUT2D eigenvalue weighted by atomic mass is 9.80. The van der Waals surface area contributed by atoms with Gasteiger partial charge in [0.25, 0.3) is 0 Å². The Balaban J connectivity index is 1.53. The molecule has 2 rings (SSSR count). The van der Waals surface area contributed by atoms with Crippen LogP contribution in [0.2, 0.25) is 0 Å². The predicted molar refractivity (Wildman–Crippen MR) is 70.8 cm³/mol. The molecule has 3 nitrogen and oxygen atoms in total. The summed E-state index contributed by atoms with van der Waals surface area (Å²) in [4.78, 5) is 4.05. The van der Waals surface area contributed by atoms with Crippen molar-refractivity contribution in [2.24, 2.45) is 11.8 Å². The topological polar surface area (TPSA) is 29.9 Å². The van der Waals surface area contributed by atoms with Crippen molar-refractivity contribution in [3.8, 4) is 0 Å². The summed E-state index contributed by atoms with van der Waals surface area (Å²) >= 11 is 0. The molecule has 1 heterocycles. The van der Waals surface area contributed by atoms with Crippen LogP contribution in [0.5, 0.6) is 0 Å². The van der Waals surface area contributed by atoms with Crippen LogP contribution in [0.1, 0.15) is 39.0 Å². The Morgan fingerprint density at radius 3 is 3.00 bits per heavy atom. The van der Waals surface area contributed by atoms with Crippen LogP contribution in [-0.2, 0) is 6.54 Å². The second kappa shape index (κ2) is 6.80. The van der Waals surface area contributed by atoms with E-state index in [2.05, 4.69) is 21.8 Å². The zero-order chi connectivity index (χ0) is 11.9. The average Bonchev–Trinajstić information content (AvgIpc) is 2.84. The fourth-order valence-electron chi connectivity index (χ4n) is 2.79. The van der Waals surface area contributed by atoms with Gasteiger partial charge in [0.1, 0.15) is 0 Å². The molecule has 17 heavy (non-hydrogen) atoms. The number of hydrogen-bond acceptors (Lipinski definition) is 2. The Bertz CT molecular complexity index is 294. The van der Waals surface area contributed by atoms with Gasteiger partial charge in [-0.1, -0.05) is 26.2 Å². The van der Waals surface area contributed by atoms with E-state index in [1.807, 2.05) is 18.7 Å². The molecule has 0 aliphatic heterocycles. The number of rotatable bonds is 6. The Labute approximate surface area is 105 Å². The molecule has 0 aromatic carbocycles. The second-order valence-electron chi connectivity index (χ2n) is 5.38. The van der Waals surface area contributed by atoms with Crippen LogP contribution < -0.4 is 5.32 Å². The molecule has 96 valence electrons. The van der Waals surface area contributed by atoms with E-state index in [0.717, 1.165) is 24.9 Å². The van der Waals surface area contributed by atoms with Gasteiger partial charge >= 0.3 is 0 Å². The van der Waals surface area contributed by atoms with Crippen molar-refractivity contribution in [2.75, 3.05) is 13.1 Å². The van der Waals surface area contributed by atoms with Gasteiger partial charge in [-0.05, 0) is 37.8 Å². The number of hydrogen-bond donors (Lipinski definition) is 1. The van der Waals surface area contributed by atoms with Gasteiger partial charge < -0.3 is 9.88 Å². The summed E-state index contributed by atoms with van der Waals surface area (Å²) in [5, 5.41) is 3.61. The predicted octanol–water partition coefficient (Wildman–Crippen LogP) is 2.69. The zero-order valence-electron chi connectivity index (χ0n) is 10.9. The molecule has 1 fully saturated rings. The van der Waals surface area contributed by atoms with E-state index in [4.69, 9.17) is 0 Å². The average molecular weight is 235 g/mol. The summed E-state index contributed by atoms with van der Waals surface area (Å²) in [6.07, 6.45) is 12.7. The van der Waals surface area contributed by atoms with Crippen LogP contribution in [-0.4, -0.2) is 22.6 Å². The first kappa shape index (κ1) is 12.6. The molecule has 0 amide bonds. The van der Waals surface area contributed by atoms with Gasteiger partial charge in [0.15, 0.2) is 0 Å². The van der Waals surface area contributed by atoms with E-state index in [0.29, 0.717) is 0 Å². The van der Waals surface area contributed by atoms with Gasteiger partial charge in [-0.15, -0.1) is 0 Å². The first-order chi connectivity index (χ1) is 8.36. The number of nitrogens with zero attached hydrogens (tertiary/aromatic N) is 2. The van der Waals surface area contributed by atoms with E-state index in [1.165, 1.54) is 38.6 Å². The van der Waals surface area contributed by atoms with Gasteiger partial charge in [-0.3, -0.25) is 0 Å². The third-order valence-electron chi connectivity index (χ3n) is 4.02. The number of aryl methyl sites for hydroxylation is 1. The van der Waals surface area contributed by atoms with Crippen LogP contribution in [0.25, 0.3) is 0 Å². The van der Waals surface area contributed by atoms with Crippen LogP contribution in [0, 0.1) is 11.8 Å². The molecule has 0 saturated heterocycles. The molecule has 2 atom stereocenters. The molecule has 1 saturated carbocycles. The first-order valence-electron chi connectivity index (χ1n) is 7.02. The van der Waals surface area contributed by atoms with Crippen molar-refractivity contribution in [3.63, 3.8) is 0 Å². The minimum Gasteiger partial charge on any atom is -0.337 e. The van der Waals surface area contributed by atoms with Gasteiger partial charge in [0.05, 0.1) is 6.33 Å². The molecule has 3 heteroatoms. The summed E-state index contributed by atoms with van der Waals surface area (Å²) in [5.41, 5.74) is 0. The summed E-state index contributed by atoms with van der Waals surface area (Å²) in [6.45, 7) is 5.83. The minimum absolute atomic E-state index is 0.914. The molecule has 1 aromatic heterocycles. The monoisotopic (exact) mass is 235 g/mol. The first-order valence-corrected chi connectivity index (χ1v) is 7.02. The highest BCUT2D eigenvalue weighted by Gasteiger charge is 2.20. The zero-order valence-corrected chi connectivity index (χ0v) is 10.9. The molecule has 0 spiro atoms. The Morgan fingerprint density at radius 1 is 1.35 bits per heavy atom. The normalized spacial score (nSPS) is 25.0. The number of aromatic nitrogens is 2. The maximum absolute atomic E-state index is 4.05. The van der Waals surface area contributed by atoms with Gasteiger partial charge in [0.2, 0.25) is 0 Å².